The van der Waals surface area contributed by atoms with Gasteiger partial charge in [0, 0.05) is 6.04 Å². The van der Waals surface area contributed by atoms with E-state index in [2.05, 4.69) is 36.1 Å². The summed E-state index contributed by atoms with van der Waals surface area (Å²) in [5, 5.41) is 13.7. The zero-order valence-corrected chi connectivity index (χ0v) is 11.8. The maximum atomic E-state index is 10.6. The first kappa shape index (κ1) is 15.1. The molecule has 0 amide bonds. The van der Waals surface area contributed by atoms with Gasteiger partial charge in [0.2, 0.25) is 11.8 Å². The minimum Gasteiger partial charge on any atom is -0.378 e. The molecule has 0 aliphatic rings. The molecule has 0 saturated heterocycles. The van der Waals surface area contributed by atoms with Crippen molar-refractivity contribution in [1.29, 1.82) is 0 Å². The van der Waals surface area contributed by atoms with Crippen molar-refractivity contribution in [3.05, 3.63) is 16.3 Å². The van der Waals surface area contributed by atoms with Crippen LogP contribution in [0.25, 0.3) is 0 Å². The Balaban J connectivity index is 2.63. The lowest BCUT2D eigenvalue weighted by Gasteiger charge is -2.21. The van der Waals surface area contributed by atoms with Crippen LogP contribution in [0.3, 0.4) is 0 Å². The molecule has 0 saturated carbocycles. The van der Waals surface area contributed by atoms with E-state index in [-0.39, 0.29) is 23.0 Å². The molecular weight excluding hydrogens is 246 g/mol. The average molecular weight is 267 g/mol. The lowest BCUT2D eigenvalue weighted by atomic mass is 9.89. The van der Waals surface area contributed by atoms with Crippen molar-refractivity contribution in [2.75, 3.05) is 11.1 Å². The summed E-state index contributed by atoms with van der Waals surface area (Å²) in [6.07, 6.45) is 3.15. The molecule has 0 radical (unpaired) electrons. The fourth-order valence-corrected chi connectivity index (χ4v) is 1.54. The van der Waals surface area contributed by atoms with Gasteiger partial charge in [-0.05, 0) is 25.2 Å². The highest BCUT2D eigenvalue weighted by molar-refractivity contribution is 5.53. The zero-order chi connectivity index (χ0) is 14.6. The molecule has 0 bridgehead atoms. The van der Waals surface area contributed by atoms with E-state index in [0.29, 0.717) is 5.95 Å². The fraction of sp³-hybridized carbons (Fsp3) is 0.667. The molecule has 19 heavy (non-hydrogen) atoms. The normalized spacial score (nSPS) is 13.1. The SMILES string of the molecule is CC(CCC(C)(C)C)Nc1ncc([N+](=O)[O-])c(N)n1. The Morgan fingerprint density at radius 3 is 2.63 bits per heavy atom. The third-order valence-electron chi connectivity index (χ3n) is 2.70. The smallest absolute Gasteiger partial charge is 0.329 e. The Hall–Kier alpha value is -1.92. The van der Waals surface area contributed by atoms with Crippen LogP contribution in [-0.4, -0.2) is 20.9 Å². The van der Waals surface area contributed by atoms with Crippen LogP contribution in [0.5, 0.6) is 0 Å². The van der Waals surface area contributed by atoms with E-state index in [0.717, 1.165) is 19.0 Å². The number of nitrogens with zero attached hydrogens (tertiary/aromatic N) is 3. The van der Waals surface area contributed by atoms with Crippen molar-refractivity contribution in [2.45, 2.75) is 46.6 Å². The van der Waals surface area contributed by atoms with E-state index in [9.17, 15) is 10.1 Å². The molecular formula is C12H21N5O2. The topological polar surface area (TPSA) is 107 Å². The number of nitro groups is 1. The van der Waals surface area contributed by atoms with Gasteiger partial charge in [0.15, 0.2) is 0 Å². The lowest BCUT2D eigenvalue weighted by molar-refractivity contribution is -0.384. The maximum Gasteiger partial charge on any atom is 0.329 e. The van der Waals surface area contributed by atoms with Crippen LogP contribution < -0.4 is 11.1 Å². The van der Waals surface area contributed by atoms with E-state index in [4.69, 9.17) is 5.73 Å². The van der Waals surface area contributed by atoms with Gasteiger partial charge < -0.3 is 11.1 Å². The standard InChI is InChI=1S/C12H21N5O2/c1-8(5-6-12(2,3)4)15-11-14-7-9(17(18)19)10(13)16-11/h7-8H,5-6H2,1-4H3,(H3,13,14,15,16). The van der Waals surface area contributed by atoms with Crippen LogP contribution in [0.2, 0.25) is 0 Å². The molecule has 1 aromatic rings. The van der Waals surface area contributed by atoms with Crippen molar-refractivity contribution in [1.82, 2.24) is 9.97 Å². The number of nitrogens with one attached hydrogen (secondary N) is 1. The minimum absolute atomic E-state index is 0.120. The molecule has 7 heteroatoms. The molecule has 1 atom stereocenters. The predicted molar refractivity (Wildman–Crippen MR) is 74.9 cm³/mol. The molecule has 106 valence electrons. The monoisotopic (exact) mass is 267 g/mol. The highest BCUT2D eigenvalue weighted by Gasteiger charge is 2.16. The van der Waals surface area contributed by atoms with Gasteiger partial charge in [-0.3, -0.25) is 10.1 Å². The summed E-state index contributed by atoms with van der Waals surface area (Å²) in [5.41, 5.74) is 5.51. The van der Waals surface area contributed by atoms with Crippen LogP contribution in [0.15, 0.2) is 6.20 Å². The van der Waals surface area contributed by atoms with Crippen LogP contribution in [0.4, 0.5) is 17.5 Å². The first-order chi connectivity index (χ1) is 8.69. The first-order valence-electron chi connectivity index (χ1n) is 6.22. The van der Waals surface area contributed by atoms with Gasteiger partial charge in [0.05, 0.1) is 4.92 Å². The van der Waals surface area contributed by atoms with E-state index in [1.807, 2.05) is 6.92 Å². The number of anilines is 2. The van der Waals surface area contributed by atoms with Crippen molar-refractivity contribution in [3.63, 3.8) is 0 Å². The molecule has 0 aliphatic heterocycles. The molecule has 0 spiro atoms. The van der Waals surface area contributed by atoms with Crippen LogP contribution >= 0.6 is 0 Å². The Kier molecular flexibility index (Phi) is 4.63. The van der Waals surface area contributed by atoms with E-state index < -0.39 is 4.92 Å². The third-order valence-corrected chi connectivity index (χ3v) is 2.70. The average Bonchev–Trinajstić information content (AvgIpc) is 2.25. The Morgan fingerprint density at radius 2 is 2.16 bits per heavy atom. The van der Waals surface area contributed by atoms with Crippen molar-refractivity contribution < 1.29 is 4.92 Å². The van der Waals surface area contributed by atoms with Crippen LogP contribution in [-0.2, 0) is 0 Å². The van der Waals surface area contributed by atoms with Gasteiger partial charge >= 0.3 is 5.69 Å². The highest BCUT2D eigenvalue weighted by atomic mass is 16.6. The molecule has 1 rings (SSSR count). The first-order valence-corrected chi connectivity index (χ1v) is 6.22. The van der Waals surface area contributed by atoms with Crippen molar-refractivity contribution in [3.8, 4) is 0 Å². The second-order valence-corrected chi connectivity index (χ2v) is 5.87. The van der Waals surface area contributed by atoms with Crippen molar-refractivity contribution >= 4 is 17.5 Å². The molecule has 0 fully saturated rings. The molecule has 1 unspecified atom stereocenters. The van der Waals surface area contributed by atoms with E-state index in [1.54, 1.807) is 0 Å². The molecule has 1 heterocycles. The molecule has 0 aromatic carbocycles. The molecule has 0 aliphatic carbocycles. The zero-order valence-electron chi connectivity index (χ0n) is 11.8. The summed E-state index contributed by atoms with van der Waals surface area (Å²) >= 11 is 0. The molecule has 1 aromatic heterocycles. The van der Waals surface area contributed by atoms with Gasteiger partial charge in [0.1, 0.15) is 6.20 Å². The summed E-state index contributed by atoms with van der Waals surface area (Å²) in [6.45, 7) is 8.56. The summed E-state index contributed by atoms with van der Waals surface area (Å²) in [5.74, 6) is 0.204. The van der Waals surface area contributed by atoms with Gasteiger partial charge in [-0.2, -0.15) is 4.98 Å². The third kappa shape index (κ3) is 5.07. The summed E-state index contributed by atoms with van der Waals surface area (Å²) in [4.78, 5) is 17.8. The van der Waals surface area contributed by atoms with Gasteiger partial charge in [-0.25, -0.2) is 4.98 Å². The Bertz CT molecular complexity index is 456. The van der Waals surface area contributed by atoms with Crippen LogP contribution in [0, 0.1) is 15.5 Å². The van der Waals surface area contributed by atoms with E-state index in [1.165, 1.54) is 0 Å². The quantitative estimate of drug-likeness (QED) is 0.627. The summed E-state index contributed by atoms with van der Waals surface area (Å²) < 4.78 is 0. The number of nitrogen functional groups attached to an aromatic ring is 1. The Labute approximate surface area is 112 Å². The molecule has 3 N–H and O–H groups in total. The predicted octanol–water partition coefficient (Wildman–Crippen LogP) is 2.59. The number of hydrogen-bond donors (Lipinski definition) is 2. The number of rotatable bonds is 5. The van der Waals surface area contributed by atoms with Crippen LogP contribution in [0.1, 0.15) is 40.5 Å². The summed E-state index contributed by atoms with van der Waals surface area (Å²) in [6, 6.07) is 0.181. The van der Waals surface area contributed by atoms with Gasteiger partial charge in [-0.1, -0.05) is 20.8 Å². The van der Waals surface area contributed by atoms with E-state index >= 15 is 0 Å². The lowest BCUT2D eigenvalue weighted by Crippen LogP contribution is -2.20. The Morgan fingerprint density at radius 1 is 1.53 bits per heavy atom. The van der Waals surface area contributed by atoms with Gasteiger partial charge in [-0.15, -0.1) is 0 Å². The molecule has 7 nitrogen and oxygen atoms in total. The van der Waals surface area contributed by atoms with Crippen molar-refractivity contribution in [2.24, 2.45) is 5.41 Å². The number of nitrogens with two attached hydrogens (primary N) is 1. The summed E-state index contributed by atoms with van der Waals surface area (Å²) in [7, 11) is 0. The second kappa shape index (κ2) is 5.81. The second-order valence-electron chi connectivity index (χ2n) is 5.87. The number of aromatic nitrogens is 2. The minimum atomic E-state index is -0.595. The highest BCUT2D eigenvalue weighted by Crippen LogP contribution is 2.23. The van der Waals surface area contributed by atoms with Gasteiger partial charge in [0.25, 0.3) is 0 Å². The largest absolute Gasteiger partial charge is 0.378 e. The maximum absolute atomic E-state index is 10.6. The fourth-order valence-electron chi connectivity index (χ4n) is 1.54. The number of hydrogen-bond acceptors (Lipinski definition) is 6.